The van der Waals surface area contributed by atoms with Crippen molar-refractivity contribution in [2.45, 2.75) is 32.2 Å². The summed E-state index contributed by atoms with van der Waals surface area (Å²) >= 11 is 1.98. The van der Waals surface area contributed by atoms with Crippen LogP contribution in [-0.4, -0.2) is 32.6 Å². The van der Waals surface area contributed by atoms with Gasteiger partial charge in [0.2, 0.25) is 5.91 Å². The van der Waals surface area contributed by atoms with E-state index in [2.05, 4.69) is 20.5 Å². The van der Waals surface area contributed by atoms with E-state index in [9.17, 15) is 4.79 Å². The normalized spacial score (nSPS) is 18.9. The minimum Gasteiger partial charge on any atom is -0.346 e. The lowest BCUT2D eigenvalue weighted by Crippen LogP contribution is -2.29. The Morgan fingerprint density at radius 2 is 2.41 bits per heavy atom. The number of hydrogen-bond acceptors (Lipinski definition) is 4. The first kappa shape index (κ1) is 12.4. The highest BCUT2D eigenvalue weighted by Gasteiger charge is 2.19. The molecule has 1 aromatic heterocycles. The fourth-order valence-electron chi connectivity index (χ4n) is 2.01. The largest absolute Gasteiger partial charge is 0.346 e. The summed E-state index contributed by atoms with van der Waals surface area (Å²) in [5.74, 6) is 3.76. The zero-order chi connectivity index (χ0) is 12.1. The lowest BCUT2D eigenvalue weighted by Gasteiger charge is -2.21. The predicted molar refractivity (Wildman–Crippen MR) is 67.6 cm³/mol. The molecule has 1 aromatic rings. The second-order valence-electron chi connectivity index (χ2n) is 4.42. The number of nitrogens with one attached hydrogen (secondary N) is 2. The molecule has 1 atom stereocenters. The molecule has 5 nitrogen and oxygen atoms in total. The Kier molecular flexibility index (Phi) is 4.42. The van der Waals surface area contributed by atoms with Crippen LogP contribution in [0, 0.1) is 5.92 Å². The SMILES string of the molecule is CC(NC(=O)CC1CCSCC1)c1ncn[nH]1. The number of carbonyl (C=O) groups is 1. The first-order valence-corrected chi connectivity index (χ1v) is 7.13. The molecule has 0 aliphatic carbocycles. The molecule has 6 heteroatoms. The van der Waals surface area contributed by atoms with Gasteiger partial charge in [-0.3, -0.25) is 9.89 Å². The molecular formula is C11H18N4OS. The Balaban J connectivity index is 1.76. The molecule has 1 saturated heterocycles. The number of carbonyl (C=O) groups excluding carboxylic acids is 1. The van der Waals surface area contributed by atoms with Crippen molar-refractivity contribution in [1.82, 2.24) is 20.5 Å². The van der Waals surface area contributed by atoms with E-state index in [-0.39, 0.29) is 11.9 Å². The first-order valence-electron chi connectivity index (χ1n) is 5.98. The lowest BCUT2D eigenvalue weighted by molar-refractivity contribution is -0.122. The van der Waals surface area contributed by atoms with Crippen LogP contribution >= 0.6 is 11.8 Å². The molecule has 0 spiro atoms. The molecule has 17 heavy (non-hydrogen) atoms. The molecule has 1 unspecified atom stereocenters. The van der Waals surface area contributed by atoms with Gasteiger partial charge in [0.1, 0.15) is 12.2 Å². The summed E-state index contributed by atoms with van der Waals surface area (Å²) < 4.78 is 0. The third-order valence-electron chi connectivity index (χ3n) is 3.04. The molecule has 2 rings (SSSR count). The van der Waals surface area contributed by atoms with E-state index in [0.717, 1.165) is 12.8 Å². The highest BCUT2D eigenvalue weighted by molar-refractivity contribution is 7.99. The number of rotatable bonds is 4. The average molecular weight is 254 g/mol. The van der Waals surface area contributed by atoms with Crippen molar-refractivity contribution in [3.8, 4) is 0 Å². The summed E-state index contributed by atoms with van der Waals surface area (Å²) in [6.45, 7) is 1.91. The maximum absolute atomic E-state index is 11.8. The Morgan fingerprint density at radius 3 is 3.06 bits per heavy atom. The topological polar surface area (TPSA) is 70.7 Å². The van der Waals surface area contributed by atoms with E-state index in [4.69, 9.17) is 0 Å². The van der Waals surface area contributed by atoms with E-state index in [1.807, 2.05) is 18.7 Å². The summed E-state index contributed by atoms with van der Waals surface area (Å²) in [5, 5.41) is 9.49. The average Bonchev–Trinajstić information content (AvgIpc) is 2.83. The molecule has 0 saturated carbocycles. The summed E-state index contributed by atoms with van der Waals surface area (Å²) in [6, 6.07) is -0.0945. The van der Waals surface area contributed by atoms with Crippen molar-refractivity contribution in [3.63, 3.8) is 0 Å². The second kappa shape index (κ2) is 6.05. The third kappa shape index (κ3) is 3.73. The second-order valence-corrected chi connectivity index (χ2v) is 5.64. The number of H-pyrrole nitrogens is 1. The minimum atomic E-state index is -0.0945. The van der Waals surface area contributed by atoms with Gasteiger partial charge in [-0.2, -0.15) is 16.9 Å². The Labute approximate surface area is 105 Å². The predicted octanol–water partition coefficient (Wildman–Crippen LogP) is 1.52. The van der Waals surface area contributed by atoms with Gasteiger partial charge < -0.3 is 5.32 Å². The zero-order valence-electron chi connectivity index (χ0n) is 9.98. The summed E-state index contributed by atoms with van der Waals surface area (Å²) in [7, 11) is 0. The highest BCUT2D eigenvalue weighted by atomic mass is 32.2. The fraction of sp³-hybridized carbons (Fsp3) is 0.727. The molecule has 1 fully saturated rings. The van der Waals surface area contributed by atoms with E-state index in [1.54, 1.807) is 0 Å². The number of hydrogen-bond donors (Lipinski definition) is 2. The number of amides is 1. The molecule has 1 aliphatic heterocycles. The van der Waals surface area contributed by atoms with Gasteiger partial charge in [0.05, 0.1) is 6.04 Å². The molecule has 2 N–H and O–H groups in total. The van der Waals surface area contributed by atoms with Crippen LogP contribution in [0.1, 0.15) is 38.1 Å². The number of aromatic amines is 1. The highest BCUT2D eigenvalue weighted by Crippen LogP contribution is 2.25. The van der Waals surface area contributed by atoms with Gasteiger partial charge in [-0.05, 0) is 37.2 Å². The molecule has 1 amide bonds. The van der Waals surface area contributed by atoms with Crippen molar-refractivity contribution in [1.29, 1.82) is 0 Å². The van der Waals surface area contributed by atoms with Crippen LogP contribution < -0.4 is 5.32 Å². The van der Waals surface area contributed by atoms with Gasteiger partial charge in [-0.25, -0.2) is 4.98 Å². The number of thioether (sulfide) groups is 1. The van der Waals surface area contributed by atoms with Crippen LogP contribution in [0.3, 0.4) is 0 Å². The molecular weight excluding hydrogens is 236 g/mol. The third-order valence-corrected chi connectivity index (χ3v) is 4.09. The molecule has 0 radical (unpaired) electrons. The van der Waals surface area contributed by atoms with Crippen molar-refractivity contribution in [3.05, 3.63) is 12.2 Å². The van der Waals surface area contributed by atoms with Crippen molar-refractivity contribution in [2.24, 2.45) is 5.92 Å². The van der Waals surface area contributed by atoms with E-state index in [1.165, 1.54) is 17.8 Å². The summed E-state index contributed by atoms with van der Waals surface area (Å²) in [6.07, 6.45) is 4.42. The van der Waals surface area contributed by atoms with Gasteiger partial charge in [-0.1, -0.05) is 0 Å². The van der Waals surface area contributed by atoms with Crippen LogP contribution in [0.15, 0.2) is 6.33 Å². The van der Waals surface area contributed by atoms with Crippen LogP contribution in [0.2, 0.25) is 0 Å². The number of aromatic nitrogens is 3. The van der Waals surface area contributed by atoms with Gasteiger partial charge >= 0.3 is 0 Å². The monoisotopic (exact) mass is 254 g/mol. The zero-order valence-corrected chi connectivity index (χ0v) is 10.8. The van der Waals surface area contributed by atoms with Crippen LogP contribution in [0.4, 0.5) is 0 Å². The van der Waals surface area contributed by atoms with Gasteiger partial charge in [0.25, 0.3) is 0 Å². The Morgan fingerprint density at radius 1 is 1.65 bits per heavy atom. The van der Waals surface area contributed by atoms with Crippen molar-refractivity contribution < 1.29 is 4.79 Å². The van der Waals surface area contributed by atoms with E-state index < -0.39 is 0 Å². The van der Waals surface area contributed by atoms with Gasteiger partial charge in [-0.15, -0.1) is 0 Å². The molecule has 94 valence electrons. The molecule has 0 aromatic carbocycles. The summed E-state index contributed by atoms with van der Waals surface area (Å²) in [4.78, 5) is 15.9. The van der Waals surface area contributed by atoms with Crippen molar-refractivity contribution in [2.75, 3.05) is 11.5 Å². The van der Waals surface area contributed by atoms with Crippen molar-refractivity contribution >= 4 is 17.7 Å². The Bertz CT molecular complexity index is 348. The maximum Gasteiger partial charge on any atom is 0.220 e. The molecule has 1 aliphatic rings. The summed E-state index contributed by atoms with van der Waals surface area (Å²) in [5.41, 5.74) is 0. The fourth-order valence-corrected chi connectivity index (χ4v) is 3.21. The number of nitrogens with zero attached hydrogens (tertiary/aromatic N) is 2. The standard InChI is InChI=1S/C11H18N4OS/c1-8(11-12-7-13-15-11)14-10(16)6-9-2-4-17-5-3-9/h7-9H,2-6H2,1H3,(H,14,16)(H,12,13,15). The van der Waals surface area contributed by atoms with Crippen LogP contribution in [-0.2, 0) is 4.79 Å². The van der Waals surface area contributed by atoms with Crippen LogP contribution in [0.25, 0.3) is 0 Å². The lowest BCUT2D eigenvalue weighted by atomic mass is 9.98. The molecule has 0 bridgehead atoms. The Hall–Kier alpha value is -1.04. The van der Waals surface area contributed by atoms with Gasteiger partial charge in [0, 0.05) is 6.42 Å². The van der Waals surface area contributed by atoms with E-state index in [0.29, 0.717) is 18.2 Å². The minimum absolute atomic E-state index is 0.0945. The van der Waals surface area contributed by atoms with E-state index >= 15 is 0 Å². The first-order chi connectivity index (χ1) is 8.25. The van der Waals surface area contributed by atoms with Gasteiger partial charge in [0.15, 0.2) is 0 Å². The van der Waals surface area contributed by atoms with Crippen LogP contribution in [0.5, 0.6) is 0 Å². The quantitative estimate of drug-likeness (QED) is 0.854. The maximum atomic E-state index is 11.8. The smallest absolute Gasteiger partial charge is 0.220 e. The molecule has 2 heterocycles.